The maximum Gasteiger partial charge on any atom is 0.330 e. The van der Waals surface area contributed by atoms with E-state index < -0.39 is 27.1 Å². The van der Waals surface area contributed by atoms with Gasteiger partial charge in [0.1, 0.15) is 5.54 Å². The number of rotatable bonds is 3. The van der Waals surface area contributed by atoms with Crippen LogP contribution in [0.1, 0.15) is 12.8 Å². The van der Waals surface area contributed by atoms with Crippen molar-refractivity contribution in [3.63, 3.8) is 0 Å². The van der Waals surface area contributed by atoms with Gasteiger partial charge >= 0.3 is 5.97 Å². The van der Waals surface area contributed by atoms with E-state index in [0.29, 0.717) is 21.6 Å². The molecule has 0 aromatic heterocycles. The Morgan fingerprint density at radius 1 is 1.45 bits per heavy atom. The molecule has 1 aliphatic heterocycles. The molecular formula is C12H13BrClNO4S. The van der Waals surface area contributed by atoms with E-state index in [1.54, 1.807) is 18.2 Å². The first-order valence-electron chi connectivity index (χ1n) is 5.91. The van der Waals surface area contributed by atoms with Gasteiger partial charge in [-0.15, -0.1) is 0 Å². The lowest BCUT2D eigenvalue weighted by Crippen LogP contribution is -2.54. The van der Waals surface area contributed by atoms with Gasteiger partial charge in [0.2, 0.25) is 0 Å². The van der Waals surface area contributed by atoms with Gasteiger partial charge in [-0.05, 0) is 47.0 Å². The molecule has 1 atom stereocenters. The van der Waals surface area contributed by atoms with Crippen LogP contribution in [0.2, 0.25) is 5.02 Å². The zero-order chi connectivity index (χ0) is 15.0. The molecule has 8 heteroatoms. The molecule has 1 aromatic carbocycles. The number of benzene rings is 1. The Hall–Kier alpha value is -0.790. The van der Waals surface area contributed by atoms with Crippen molar-refractivity contribution < 1.29 is 18.3 Å². The molecule has 1 aliphatic rings. The molecule has 0 bridgehead atoms. The van der Waals surface area contributed by atoms with Gasteiger partial charge in [-0.2, -0.15) is 0 Å². The van der Waals surface area contributed by atoms with Crippen LogP contribution in [-0.4, -0.2) is 36.5 Å². The third-order valence-corrected chi connectivity index (χ3v) is 6.30. The SMILES string of the molecule is O=C(O)C1(Nc2ccc(Cl)c(Br)c2)CCCS(=O)(=O)C1. The van der Waals surface area contributed by atoms with E-state index in [-0.39, 0.29) is 12.2 Å². The number of hydrogen-bond acceptors (Lipinski definition) is 4. The van der Waals surface area contributed by atoms with Crippen molar-refractivity contribution in [3.8, 4) is 0 Å². The number of hydrogen-bond donors (Lipinski definition) is 2. The lowest BCUT2D eigenvalue weighted by atomic mass is 9.95. The molecule has 1 unspecified atom stereocenters. The Morgan fingerprint density at radius 3 is 2.70 bits per heavy atom. The van der Waals surface area contributed by atoms with Crippen LogP contribution in [0.3, 0.4) is 0 Å². The highest BCUT2D eigenvalue weighted by molar-refractivity contribution is 9.10. The molecular weight excluding hydrogens is 370 g/mol. The number of sulfone groups is 1. The van der Waals surface area contributed by atoms with Crippen LogP contribution in [0, 0.1) is 0 Å². The van der Waals surface area contributed by atoms with E-state index in [9.17, 15) is 18.3 Å². The van der Waals surface area contributed by atoms with Crippen molar-refractivity contribution in [1.82, 2.24) is 0 Å². The second-order valence-electron chi connectivity index (χ2n) is 4.84. The van der Waals surface area contributed by atoms with Crippen molar-refractivity contribution >= 4 is 49.0 Å². The van der Waals surface area contributed by atoms with Gasteiger partial charge in [-0.1, -0.05) is 11.6 Å². The Bertz CT molecular complexity index is 649. The van der Waals surface area contributed by atoms with E-state index in [2.05, 4.69) is 21.2 Å². The summed E-state index contributed by atoms with van der Waals surface area (Å²) in [6.07, 6.45) is 0.595. The number of nitrogens with one attached hydrogen (secondary N) is 1. The fraction of sp³-hybridized carbons (Fsp3) is 0.417. The van der Waals surface area contributed by atoms with E-state index in [0.717, 1.165) is 0 Å². The smallest absolute Gasteiger partial charge is 0.330 e. The predicted octanol–water partition coefficient (Wildman–Crippen LogP) is 2.55. The molecule has 0 amide bonds. The lowest BCUT2D eigenvalue weighted by molar-refractivity contribution is -0.141. The summed E-state index contributed by atoms with van der Waals surface area (Å²) in [5.41, 5.74) is -0.967. The van der Waals surface area contributed by atoms with E-state index in [1.807, 2.05) is 0 Å². The summed E-state index contributed by atoms with van der Waals surface area (Å²) in [4.78, 5) is 11.6. The van der Waals surface area contributed by atoms with Crippen LogP contribution in [0.4, 0.5) is 5.69 Å². The van der Waals surface area contributed by atoms with Crippen LogP contribution in [0.25, 0.3) is 0 Å². The number of carbonyl (C=O) groups is 1. The third-order valence-electron chi connectivity index (χ3n) is 3.24. The first kappa shape index (κ1) is 15.6. The fourth-order valence-electron chi connectivity index (χ4n) is 2.28. The second kappa shape index (κ2) is 5.54. The highest BCUT2D eigenvalue weighted by Gasteiger charge is 2.45. The number of anilines is 1. The summed E-state index contributed by atoms with van der Waals surface area (Å²) in [5, 5.41) is 12.8. The minimum absolute atomic E-state index is 0.0357. The maximum atomic E-state index is 11.7. The largest absolute Gasteiger partial charge is 0.479 e. The molecule has 0 aliphatic carbocycles. The summed E-state index contributed by atoms with van der Waals surface area (Å²) in [6.45, 7) is 0. The standard InChI is InChI=1S/C12H13BrClNO4S/c13-9-6-8(2-3-10(9)14)15-12(11(16)17)4-1-5-20(18,19)7-12/h2-3,6,15H,1,4-5,7H2,(H,16,17). The monoisotopic (exact) mass is 381 g/mol. The van der Waals surface area contributed by atoms with E-state index >= 15 is 0 Å². The summed E-state index contributed by atoms with van der Waals surface area (Å²) in [5.74, 6) is -1.53. The molecule has 20 heavy (non-hydrogen) atoms. The van der Waals surface area contributed by atoms with E-state index in [1.165, 1.54) is 0 Å². The molecule has 0 saturated carbocycles. The van der Waals surface area contributed by atoms with Gasteiger partial charge in [0.25, 0.3) is 0 Å². The van der Waals surface area contributed by atoms with Crippen LogP contribution in [0.5, 0.6) is 0 Å². The summed E-state index contributed by atoms with van der Waals surface area (Å²) in [6, 6.07) is 4.87. The van der Waals surface area contributed by atoms with Gasteiger partial charge in [-0.3, -0.25) is 0 Å². The van der Waals surface area contributed by atoms with E-state index in [4.69, 9.17) is 11.6 Å². The number of halogens is 2. The Balaban J connectivity index is 2.34. The lowest BCUT2D eigenvalue weighted by Gasteiger charge is -2.34. The van der Waals surface area contributed by atoms with Crippen LogP contribution in [0.15, 0.2) is 22.7 Å². The minimum Gasteiger partial charge on any atom is -0.479 e. The molecule has 1 heterocycles. The fourth-order valence-corrected chi connectivity index (χ4v) is 4.60. The van der Waals surface area contributed by atoms with Crippen molar-refractivity contribution in [3.05, 3.63) is 27.7 Å². The molecule has 110 valence electrons. The van der Waals surface area contributed by atoms with Crippen LogP contribution in [-0.2, 0) is 14.6 Å². The first-order valence-corrected chi connectivity index (χ1v) is 8.90. The molecule has 2 rings (SSSR count). The van der Waals surface area contributed by atoms with Crippen molar-refractivity contribution in [1.29, 1.82) is 0 Å². The number of aliphatic carboxylic acids is 1. The Morgan fingerprint density at radius 2 is 2.15 bits per heavy atom. The molecule has 1 aromatic rings. The molecule has 0 radical (unpaired) electrons. The van der Waals surface area contributed by atoms with Gasteiger partial charge in [0, 0.05) is 10.2 Å². The summed E-state index contributed by atoms with van der Waals surface area (Å²) in [7, 11) is -3.35. The van der Waals surface area contributed by atoms with Gasteiger partial charge in [0.05, 0.1) is 16.5 Å². The van der Waals surface area contributed by atoms with Crippen molar-refractivity contribution in [2.45, 2.75) is 18.4 Å². The molecule has 2 N–H and O–H groups in total. The molecule has 1 fully saturated rings. The Labute approximate surface area is 130 Å². The van der Waals surface area contributed by atoms with Gasteiger partial charge in [0.15, 0.2) is 9.84 Å². The average Bonchev–Trinajstić information content (AvgIpc) is 2.32. The average molecular weight is 383 g/mol. The third kappa shape index (κ3) is 3.27. The maximum absolute atomic E-state index is 11.7. The molecule has 5 nitrogen and oxygen atoms in total. The van der Waals surface area contributed by atoms with Crippen molar-refractivity contribution in [2.75, 3.05) is 16.8 Å². The number of carboxylic acids is 1. The minimum atomic E-state index is -3.35. The molecule has 0 spiro atoms. The topological polar surface area (TPSA) is 83.5 Å². The van der Waals surface area contributed by atoms with Gasteiger partial charge in [-0.25, -0.2) is 13.2 Å². The van der Waals surface area contributed by atoms with Crippen molar-refractivity contribution in [2.24, 2.45) is 0 Å². The highest BCUT2D eigenvalue weighted by atomic mass is 79.9. The normalized spacial score (nSPS) is 25.1. The summed E-state index contributed by atoms with van der Waals surface area (Å²) < 4.78 is 24.1. The Kier molecular flexibility index (Phi) is 4.32. The quantitative estimate of drug-likeness (QED) is 0.839. The first-order chi connectivity index (χ1) is 9.24. The van der Waals surface area contributed by atoms with Crippen LogP contribution >= 0.6 is 27.5 Å². The summed E-state index contributed by atoms with van der Waals surface area (Å²) >= 11 is 9.13. The zero-order valence-electron chi connectivity index (χ0n) is 10.4. The highest BCUT2D eigenvalue weighted by Crippen LogP contribution is 2.31. The predicted molar refractivity (Wildman–Crippen MR) is 81.0 cm³/mol. The van der Waals surface area contributed by atoms with Crippen LogP contribution < -0.4 is 5.32 Å². The molecule has 1 saturated heterocycles. The van der Waals surface area contributed by atoms with Gasteiger partial charge < -0.3 is 10.4 Å². The number of carboxylic acid groups (broad SMARTS) is 1. The zero-order valence-corrected chi connectivity index (χ0v) is 13.6. The second-order valence-corrected chi connectivity index (χ2v) is 8.28.